The van der Waals surface area contributed by atoms with Crippen molar-refractivity contribution in [3.63, 3.8) is 0 Å². The zero-order valence-electron chi connectivity index (χ0n) is 13.9. The minimum absolute atomic E-state index is 0.0807. The van der Waals surface area contributed by atoms with Gasteiger partial charge in [0.2, 0.25) is 11.2 Å². The quantitative estimate of drug-likeness (QED) is 0.414. The Morgan fingerprint density at radius 3 is 2.00 bits per heavy atom. The maximum atomic E-state index is 12.8. The van der Waals surface area contributed by atoms with Gasteiger partial charge in [0, 0.05) is 5.56 Å². The average Bonchev–Trinajstić information content (AvgIpc) is 2.63. The predicted molar refractivity (Wildman–Crippen MR) is 90.8 cm³/mol. The van der Waals surface area contributed by atoms with E-state index in [1.807, 2.05) is 0 Å². The molecule has 0 N–H and O–H groups in total. The summed E-state index contributed by atoms with van der Waals surface area (Å²) in [5.41, 5.74) is -1.19. The molecule has 0 aliphatic heterocycles. The Labute approximate surface area is 157 Å². The number of hydrogen-bond acceptors (Lipinski definition) is 11. The summed E-state index contributed by atoms with van der Waals surface area (Å²) in [5.74, 6) is -1.91. The fourth-order valence-electron chi connectivity index (χ4n) is 2.45. The van der Waals surface area contributed by atoms with E-state index < -0.39 is 37.6 Å². The molecule has 3 aromatic rings. The van der Waals surface area contributed by atoms with Crippen molar-refractivity contribution in [3.8, 4) is 28.6 Å². The lowest BCUT2D eigenvalue weighted by Gasteiger charge is -2.10. The maximum Gasteiger partial charge on any atom is 0.300 e. The first-order valence-electron chi connectivity index (χ1n) is 7.43. The van der Waals surface area contributed by atoms with E-state index in [1.54, 1.807) is 0 Å². The standard InChI is InChI=1S/C15H7N3O11/c19-13-12-10(2-1-3-11(12)28-17(22)23)26-14(15(13)29-18(24)25)8-4-6-9(7-5-8)27-16(20)21/h1-7H. The second-order valence-corrected chi connectivity index (χ2v) is 5.19. The molecule has 2 aromatic carbocycles. The highest BCUT2D eigenvalue weighted by atomic mass is 17.0. The summed E-state index contributed by atoms with van der Waals surface area (Å²) in [6.45, 7) is 0. The number of fused-ring (bicyclic) bond motifs is 1. The Hall–Kier alpha value is -4.75. The van der Waals surface area contributed by atoms with Gasteiger partial charge in [-0.05, 0) is 36.4 Å². The summed E-state index contributed by atoms with van der Waals surface area (Å²) in [5, 5.41) is 27.9. The zero-order chi connectivity index (χ0) is 21.1. The van der Waals surface area contributed by atoms with Crippen LogP contribution in [0.3, 0.4) is 0 Å². The molecule has 0 unspecified atom stereocenters. The normalized spacial score (nSPS) is 10.3. The third kappa shape index (κ3) is 4.00. The number of nitrogens with zero attached hydrogens (tertiary/aromatic N) is 3. The summed E-state index contributed by atoms with van der Waals surface area (Å²) in [4.78, 5) is 57.5. The van der Waals surface area contributed by atoms with Crippen LogP contribution in [0.2, 0.25) is 0 Å². The lowest BCUT2D eigenvalue weighted by Crippen LogP contribution is -2.16. The molecule has 0 radical (unpaired) electrons. The minimum Gasteiger partial charge on any atom is -0.453 e. The van der Waals surface area contributed by atoms with Gasteiger partial charge in [-0.2, -0.15) is 0 Å². The van der Waals surface area contributed by atoms with Gasteiger partial charge < -0.3 is 4.42 Å². The molecular weight excluding hydrogens is 398 g/mol. The van der Waals surface area contributed by atoms with Crippen LogP contribution in [0.15, 0.2) is 51.7 Å². The van der Waals surface area contributed by atoms with E-state index in [2.05, 4.69) is 14.5 Å². The van der Waals surface area contributed by atoms with Gasteiger partial charge in [-0.15, -0.1) is 30.3 Å². The first kappa shape index (κ1) is 19.0. The van der Waals surface area contributed by atoms with E-state index in [4.69, 9.17) is 4.42 Å². The Morgan fingerprint density at radius 2 is 1.41 bits per heavy atom. The molecular formula is C15H7N3O11. The third-order valence-electron chi connectivity index (χ3n) is 3.47. The molecule has 0 fully saturated rings. The van der Waals surface area contributed by atoms with Crippen LogP contribution >= 0.6 is 0 Å². The summed E-state index contributed by atoms with van der Waals surface area (Å²) >= 11 is 0. The number of benzene rings is 2. The van der Waals surface area contributed by atoms with Gasteiger partial charge in [-0.3, -0.25) is 19.3 Å². The monoisotopic (exact) mass is 405 g/mol. The second-order valence-electron chi connectivity index (χ2n) is 5.19. The highest BCUT2D eigenvalue weighted by molar-refractivity contribution is 5.87. The molecule has 3 rings (SSSR count). The van der Waals surface area contributed by atoms with Crippen LogP contribution in [0.1, 0.15) is 0 Å². The van der Waals surface area contributed by atoms with Gasteiger partial charge in [0.15, 0.2) is 5.76 Å². The molecule has 0 bridgehead atoms. The van der Waals surface area contributed by atoms with Crippen LogP contribution in [0.4, 0.5) is 0 Å². The molecule has 1 heterocycles. The zero-order valence-corrected chi connectivity index (χ0v) is 13.9. The highest BCUT2D eigenvalue weighted by Gasteiger charge is 2.22. The Bertz CT molecular complexity index is 1190. The molecule has 148 valence electrons. The van der Waals surface area contributed by atoms with Crippen LogP contribution in [-0.2, 0) is 0 Å². The number of rotatable bonds is 7. The topological polar surface area (TPSA) is 187 Å². The van der Waals surface area contributed by atoms with Crippen LogP contribution in [0.25, 0.3) is 22.3 Å². The fraction of sp³-hybridized carbons (Fsp3) is 0. The van der Waals surface area contributed by atoms with Crippen molar-refractivity contribution in [3.05, 3.63) is 83.0 Å². The van der Waals surface area contributed by atoms with E-state index in [0.717, 1.165) is 18.2 Å². The van der Waals surface area contributed by atoms with E-state index in [0.29, 0.717) is 0 Å². The Morgan fingerprint density at radius 1 is 0.793 bits per heavy atom. The van der Waals surface area contributed by atoms with Gasteiger partial charge >= 0.3 is 0 Å². The molecule has 0 spiro atoms. The summed E-state index contributed by atoms with van der Waals surface area (Å²) in [6.07, 6.45) is 0. The van der Waals surface area contributed by atoms with Crippen LogP contribution in [-0.4, -0.2) is 15.3 Å². The maximum absolute atomic E-state index is 12.8. The minimum atomic E-state index is -1.26. The van der Waals surface area contributed by atoms with Gasteiger partial charge in [0.1, 0.15) is 17.1 Å². The average molecular weight is 405 g/mol. The molecule has 0 aliphatic carbocycles. The molecule has 1 aromatic heterocycles. The third-order valence-corrected chi connectivity index (χ3v) is 3.47. The molecule has 0 saturated carbocycles. The van der Waals surface area contributed by atoms with Crippen molar-refractivity contribution in [2.75, 3.05) is 0 Å². The molecule has 14 nitrogen and oxygen atoms in total. The SMILES string of the molecule is O=c1c(O[N+](=O)[O-])c(-c2ccc(O[N+](=O)[O-])cc2)oc2cccc(O[N+](=O)[O-])c12. The van der Waals surface area contributed by atoms with E-state index in [-0.39, 0.29) is 22.7 Å². The van der Waals surface area contributed by atoms with E-state index in [9.17, 15) is 35.1 Å². The van der Waals surface area contributed by atoms with Crippen molar-refractivity contribution in [1.82, 2.24) is 0 Å². The van der Waals surface area contributed by atoms with Gasteiger partial charge in [0.25, 0.3) is 15.3 Å². The molecule has 29 heavy (non-hydrogen) atoms. The van der Waals surface area contributed by atoms with Crippen LogP contribution in [0, 0.1) is 30.3 Å². The molecule has 0 atom stereocenters. The van der Waals surface area contributed by atoms with Gasteiger partial charge in [0.05, 0.1) is 5.39 Å². The van der Waals surface area contributed by atoms with Crippen LogP contribution in [0.5, 0.6) is 17.2 Å². The lowest BCUT2D eigenvalue weighted by molar-refractivity contribution is -0.711. The van der Waals surface area contributed by atoms with Crippen molar-refractivity contribution >= 4 is 11.0 Å². The largest absolute Gasteiger partial charge is 0.453 e. The van der Waals surface area contributed by atoms with Crippen molar-refractivity contribution in [2.24, 2.45) is 0 Å². The summed E-state index contributed by atoms with van der Waals surface area (Å²) in [6, 6.07) is 8.46. The predicted octanol–water partition coefficient (Wildman–Crippen LogP) is 2.17. The smallest absolute Gasteiger partial charge is 0.300 e. The van der Waals surface area contributed by atoms with E-state index >= 15 is 0 Å². The van der Waals surface area contributed by atoms with Crippen molar-refractivity contribution < 1.29 is 34.2 Å². The Balaban J connectivity index is 2.23. The van der Waals surface area contributed by atoms with Crippen molar-refractivity contribution in [1.29, 1.82) is 0 Å². The molecule has 0 saturated heterocycles. The lowest BCUT2D eigenvalue weighted by atomic mass is 10.1. The van der Waals surface area contributed by atoms with Gasteiger partial charge in [-0.1, -0.05) is 6.07 Å². The fourth-order valence-corrected chi connectivity index (χ4v) is 2.45. The highest BCUT2D eigenvalue weighted by Crippen LogP contribution is 2.34. The first-order valence-corrected chi connectivity index (χ1v) is 7.43. The molecule has 14 heteroatoms. The van der Waals surface area contributed by atoms with Crippen LogP contribution < -0.4 is 19.9 Å². The Kier molecular flexibility index (Phi) is 4.90. The van der Waals surface area contributed by atoms with Crippen molar-refractivity contribution in [2.45, 2.75) is 0 Å². The van der Waals surface area contributed by atoms with E-state index in [1.165, 1.54) is 24.3 Å². The summed E-state index contributed by atoms with van der Waals surface area (Å²) < 4.78 is 5.50. The first-order chi connectivity index (χ1) is 13.8. The number of hydrogen-bond donors (Lipinski definition) is 0. The second kappa shape index (κ2) is 7.47. The molecule has 0 aliphatic rings. The summed E-state index contributed by atoms with van der Waals surface area (Å²) in [7, 11) is 0. The van der Waals surface area contributed by atoms with Gasteiger partial charge in [-0.25, -0.2) is 0 Å². The molecule has 0 amide bonds.